The van der Waals surface area contributed by atoms with Crippen molar-refractivity contribution >= 4 is 42.3 Å². The summed E-state index contributed by atoms with van der Waals surface area (Å²) in [6.07, 6.45) is -1.34. The van der Waals surface area contributed by atoms with Gasteiger partial charge in [-0.25, -0.2) is 14.4 Å². The van der Waals surface area contributed by atoms with Crippen LogP contribution in [0.1, 0.15) is 116 Å². The number of alkyl carbamates (subject to hydrolysis) is 1. The molecule has 0 aromatic carbocycles. The third kappa shape index (κ3) is 46.4. The number of aliphatic hydroxyl groups excluding tert-OH is 1. The number of hydrogen-bond acceptors (Lipinski definition) is 15. The van der Waals surface area contributed by atoms with Gasteiger partial charge in [0.05, 0.1) is 32.3 Å². The van der Waals surface area contributed by atoms with Crippen molar-refractivity contribution in [1.82, 2.24) is 5.32 Å². The molecule has 0 bridgehead atoms. The fraction of sp³-hybridized carbons (Fsp3) is 0.774. The number of carbonyl (C=O) groups is 7. The van der Waals surface area contributed by atoms with Crippen LogP contribution in [-0.2, 0) is 47.6 Å². The first-order valence-corrected chi connectivity index (χ1v) is 14.4. The standard InChI is InChI=1S/C12H21NO6.C10H18O5.C4H4O3.C3H9NO.2CH4/c1-12(2,3)19-11(17)13-7-4-8-18-10(16)6-5-9(14)15;1-9(2,3)14-7(11)13-8(12)15-10(4,5)6;5-3-1-2-4(6)7-3;4-2-1-3-5;;/h4-8H2,1-3H3,(H,13,17)(H,14,15);1-6H3;1-2H2;5H,1-4H2;2*1H4. The number of carboxylic acids is 1. The second kappa shape index (κ2) is 28.1. The van der Waals surface area contributed by atoms with Gasteiger partial charge in [0.25, 0.3) is 0 Å². The maximum Gasteiger partial charge on any atom is 0.519 e. The van der Waals surface area contributed by atoms with E-state index in [9.17, 15) is 33.6 Å². The van der Waals surface area contributed by atoms with E-state index in [0.29, 0.717) is 19.5 Å². The number of cyclic esters (lactones) is 2. The van der Waals surface area contributed by atoms with Crippen LogP contribution >= 0.6 is 0 Å². The lowest BCUT2D eigenvalue weighted by Crippen LogP contribution is -2.33. The highest BCUT2D eigenvalue weighted by atomic mass is 16.8. The molecule has 1 aliphatic rings. The molecule has 0 saturated carbocycles. The van der Waals surface area contributed by atoms with Crippen molar-refractivity contribution in [2.75, 3.05) is 26.3 Å². The largest absolute Gasteiger partial charge is 0.519 e. The predicted molar refractivity (Wildman–Crippen MR) is 175 cm³/mol. The zero-order chi connectivity index (χ0) is 36.6. The summed E-state index contributed by atoms with van der Waals surface area (Å²) in [6, 6.07) is 0. The molecule has 1 saturated heterocycles. The zero-order valence-corrected chi connectivity index (χ0v) is 28.4. The monoisotopic (exact) mass is 700 g/mol. The van der Waals surface area contributed by atoms with Gasteiger partial charge in [-0.1, -0.05) is 14.9 Å². The van der Waals surface area contributed by atoms with Crippen molar-refractivity contribution in [3.8, 4) is 0 Å². The molecule has 17 nitrogen and oxygen atoms in total. The Labute approximate surface area is 284 Å². The first-order valence-electron chi connectivity index (χ1n) is 14.4. The van der Waals surface area contributed by atoms with E-state index in [1.807, 2.05) is 0 Å². The Morgan fingerprint density at radius 2 is 1.21 bits per heavy atom. The number of esters is 3. The lowest BCUT2D eigenvalue weighted by molar-refractivity contribution is -0.152. The van der Waals surface area contributed by atoms with E-state index in [2.05, 4.69) is 14.8 Å². The summed E-state index contributed by atoms with van der Waals surface area (Å²) < 4.78 is 27.7. The molecular weight excluding hydrogens is 640 g/mol. The first kappa shape index (κ1) is 53.5. The highest BCUT2D eigenvalue weighted by Crippen LogP contribution is 2.11. The second-order valence-electron chi connectivity index (χ2n) is 12.1. The summed E-state index contributed by atoms with van der Waals surface area (Å²) in [5.41, 5.74) is 3.04. The third-order valence-corrected chi connectivity index (χ3v) is 3.86. The van der Waals surface area contributed by atoms with Gasteiger partial charge in [0.1, 0.15) is 16.8 Å². The number of nitrogens with one attached hydrogen (secondary N) is 1. The molecule has 17 heteroatoms. The van der Waals surface area contributed by atoms with Crippen LogP contribution in [0.2, 0.25) is 0 Å². The highest BCUT2D eigenvalue weighted by Gasteiger charge is 2.24. The Bertz CT molecular complexity index is 920. The van der Waals surface area contributed by atoms with Gasteiger partial charge < -0.3 is 49.7 Å². The van der Waals surface area contributed by atoms with E-state index in [0.717, 1.165) is 6.42 Å². The number of aliphatic hydroxyl groups is 1. The maximum atomic E-state index is 11.2. The van der Waals surface area contributed by atoms with Crippen molar-refractivity contribution in [2.45, 2.75) is 132 Å². The quantitative estimate of drug-likeness (QED) is 0.111. The van der Waals surface area contributed by atoms with Crippen molar-refractivity contribution in [2.24, 2.45) is 5.73 Å². The van der Waals surface area contributed by atoms with Gasteiger partial charge in [0.2, 0.25) is 0 Å². The molecule has 1 heterocycles. The molecule has 0 aliphatic carbocycles. The molecule has 1 rings (SSSR count). The average Bonchev–Trinajstić information content (AvgIpc) is 3.22. The number of hydrogen-bond donors (Lipinski definition) is 4. The summed E-state index contributed by atoms with van der Waals surface area (Å²) >= 11 is 0. The van der Waals surface area contributed by atoms with Crippen LogP contribution in [0, 0.1) is 0 Å². The van der Waals surface area contributed by atoms with Crippen molar-refractivity contribution in [3.63, 3.8) is 0 Å². The highest BCUT2D eigenvalue weighted by molar-refractivity contribution is 5.92. The minimum absolute atomic E-state index is 0. The van der Waals surface area contributed by atoms with Crippen LogP contribution in [-0.4, -0.2) is 95.6 Å². The third-order valence-electron chi connectivity index (χ3n) is 3.86. The molecule has 0 atom stereocenters. The Morgan fingerprint density at radius 3 is 1.50 bits per heavy atom. The molecule has 0 radical (unpaired) electrons. The Hall–Kier alpha value is -3.99. The van der Waals surface area contributed by atoms with E-state index in [4.69, 9.17) is 34.9 Å². The van der Waals surface area contributed by atoms with E-state index in [1.165, 1.54) is 0 Å². The molecule has 284 valence electrons. The van der Waals surface area contributed by atoms with Gasteiger partial charge in [-0.05, 0) is 81.7 Å². The van der Waals surface area contributed by atoms with Gasteiger partial charge in [0.15, 0.2) is 0 Å². The average molecular weight is 701 g/mol. The van der Waals surface area contributed by atoms with Gasteiger partial charge in [0, 0.05) is 13.2 Å². The molecule has 0 spiro atoms. The van der Waals surface area contributed by atoms with Gasteiger partial charge >= 0.3 is 42.3 Å². The van der Waals surface area contributed by atoms with Gasteiger partial charge in [-0.3, -0.25) is 19.2 Å². The maximum absolute atomic E-state index is 11.2. The smallest absolute Gasteiger partial charge is 0.481 e. The van der Waals surface area contributed by atoms with E-state index >= 15 is 0 Å². The van der Waals surface area contributed by atoms with E-state index in [1.54, 1.807) is 62.3 Å². The molecule has 1 fully saturated rings. The lowest BCUT2D eigenvalue weighted by atomic mass is 10.2. The zero-order valence-electron chi connectivity index (χ0n) is 28.4. The van der Waals surface area contributed by atoms with Crippen molar-refractivity contribution in [3.05, 3.63) is 0 Å². The summed E-state index contributed by atoms with van der Waals surface area (Å²) in [5, 5.41) is 18.9. The Balaban J connectivity index is -0.000000188. The van der Waals surface area contributed by atoms with Crippen molar-refractivity contribution < 1.29 is 72.2 Å². The van der Waals surface area contributed by atoms with Crippen LogP contribution in [0.4, 0.5) is 14.4 Å². The predicted octanol–water partition coefficient (Wildman–Crippen LogP) is 4.63. The first-order chi connectivity index (χ1) is 20.9. The van der Waals surface area contributed by atoms with Crippen LogP contribution in [0.25, 0.3) is 0 Å². The van der Waals surface area contributed by atoms with Crippen LogP contribution in [0.3, 0.4) is 0 Å². The van der Waals surface area contributed by atoms with Crippen LogP contribution in [0.5, 0.6) is 0 Å². The van der Waals surface area contributed by atoms with Gasteiger partial charge in [-0.15, -0.1) is 0 Å². The topological polar surface area (TPSA) is 253 Å². The molecular formula is C31H60N2O15. The number of amides is 1. The molecule has 48 heavy (non-hydrogen) atoms. The summed E-state index contributed by atoms with van der Waals surface area (Å²) in [6.45, 7) is 16.6. The van der Waals surface area contributed by atoms with Crippen molar-refractivity contribution in [1.29, 1.82) is 0 Å². The number of nitrogens with two attached hydrogens (primary N) is 1. The fourth-order valence-corrected chi connectivity index (χ4v) is 2.18. The SMILES string of the molecule is C.C.CC(C)(C)OC(=O)NCCCOC(=O)CCC(=O)O.CC(C)(C)OC(=O)OC(=O)OC(C)(C)C.NCCCO.O=C1CCC(=O)O1. The normalized spacial score (nSPS) is 11.7. The number of carbonyl (C=O) groups excluding carboxylic acids is 6. The molecule has 5 N–H and O–H groups in total. The minimum Gasteiger partial charge on any atom is -0.481 e. The molecule has 1 amide bonds. The Morgan fingerprint density at radius 1 is 0.771 bits per heavy atom. The molecule has 0 aromatic heterocycles. The van der Waals surface area contributed by atoms with E-state index in [-0.39, 0.29) is 53.8 Å². The van der Waals surface area contributed by atoms with Gasteiger partial charge in [-0.2, -0.15) is 0 Å². The molecule has 0 aromatic rings. The van der Waals surface area contributed by atoms with E-state index < -0.39 is 59.1 Å². The second-order valence-corrected chi connectivity index (χ2v) is 12.1. The summed E-state index contributed by atoms with van der Waals surface area (Å²) in [5.74, 6) is -2.39. The summed E-state index contributed by atoms with van der Waals surface area (Å²) in [7, 11) is 0. The molecule has 1 aliphatic heterocycles. The van der Waals surface area contributed by atoms with Crippen LogP contribution in [0.15, 0.2) is 0 Å². The lowest BCUT2D eigenvalue weighted by Gasteiger charge is -2.20. The fourth-order valence-electron chi connectivity index (χ4n) is 2.18. The number of aliphatic carboxylic acids is 1. The number of ether oxygens (including phenoxy) is 6. The molecule has 0 unspecified atom stereocenters. The summed E-state index contributed by atoms with van der Waals surface area (Å²) in [4.78, 5) is 74.5. The number of rotatable bonds is 9. The number of carboxylic acid groups (broad SMARTS) is 1. The van der Waals surface area contributed by atoms with Crippen LogP contribution < -0.4 is 11.1 Å². The Kier molecular flexibility index (Phi) is 31.3. The minimum atomic E-state index is -1.06.